The summed E-state index contributed by atoms with van der Waals surface area (Å²) in [6.45, 7) is 1.69. The molecule has 1 amide bonds. The maximum Gasteiger partial charge on any atom is 0.257 e. The Labute approximate surface area is 151 Å². The highest BCUT2D eigenvalue weighted by Crippen LogP contribution is 2.36. The Morgan fingerprint density at radius 2 is 2.04 bits per heavy atom. The van der Waals surface area contributed by atoms with Crippen LogP contribution in [0.5, 0.6) is 5.75 Å². The van der Waals surface area contributed by atoms with Crippen molar-refractivity contribution < 1.29 is 18.7 Å². The highest BCUT2D eigenvalue weighted by Gasteiger charge is 2.45. The number of rotatable bonds is 3. The highest BCUT2D eigenvalue weighted by atomic mass is 19.1. The van der Waals surface area contributed by atoms with Crippen LogP contribution in [0, 0.1) is 5.82 Å². The van der Waals surface area contributed by atoms with Crippen LogP contribution in [0.1, 0.15) is 29.6 Å². The fourth-order valence-electron chi connectivity index (χ4n) is 3.73. The lowest BCUT2D eigenvalue weighted by Crippen LogP contribution is -2.50. The van der Waals surface area contributed by atoms with E-state index in [2.05, 4.69) is 9.97 Å². The van der Waals surface area contributed by atoms with Crippen molar-refractivity contribution in [2.45, 2.75) is 31.0 Å². The predicted octanol–water partition coefficient (Wildman–Crippen LogP) is 2.46. The molecule has 4 rings (SSSR count). The average Bonchev–Trinajstić information content (AvgIpc) is 3.05. The van der Waals surface area contributed by atoms with Crippen molar-refractivity contribution in [3.63, 3.8) is 0 Å². The minimum Gasteiger partial charge on any atom is -0.488 e. The van der Waals surface area contributed by atoms with Gasteiger partial charge < -0.3 is 14.4 Å². The van der Waals surface area contributed by atoms with E-state index in [1.165, 1.54) is 30.9 Å². The summed E-state index contributed by atoms with van der Waals surface area (Å²) >= 11 is 0. The number of carbonyl (C=O) groups excluding carboxylic acids is 1. The number of nitrogens with zero attached hydrogens (tertiary/aromatic N) is 3. The molecule has 136 valence electrons. The molecule has 6 nitrogen and oxygen atoms in total. The molecule has 1 aromatic carbocycles. The normalized spacial score (nSPS) is 25.4. The smallest absolute Gasteiger partial charge is 0.257 e. The molecule has 1 aromatic heterocycles. The van der Waals surface area contributed by atoms with Gasteiger partial charge in [-0.05, 0) is 37.1 Å². The third kappa shape index (κ3) is 3.53. The van der Waals surface area contributed by atoms with E-state index in [0.717, 1.165) is 12.8 Å². The molecule has 2 saturated heterocycles. The molecule has 7 heteroatoms. The van der Waals surface area contributed by atoms with Gasteiger partial charge in [0.05, 0.1) is 24.3 Å². The molecular weight excluding hydrogens is 337 g/mol. The van der Waals surface area contributed by atoms with Crippen LogP contribution in [0.2, 0.25) is 0 Å². The van der Waals surface area contributed by atoms with Gasteiger partial charge in [0.25, 0.3) is 5.91 Å². The molecule has 0 aliphatic carbocycles. The Bertz CT molecular complexity index is 771. The number of hydrogen-bond acceptors (Lipinski definition) is 5. The second-order valence-electron chi connectivity index (χ2n) is 6.85. The van der Waals surface area contributed by atoms with Crippen molar-refractivity contribution in [1.29, 1.82) is 0 Å². The van der Waals surface area contributed by atoms with Crippen molar-refractivity contribution in [2.75, 3.05) is 19.7 Å². The molecule has 1 spiro atoms. The second-order valence-corrected chi connectivity index (χ2v) is 6.85. The standard InChI is InChI=1S/C19H20FN3O3/c20-15-2-4-16(5-3-15)26-17-8-19(25-11-17)6-1-7-23(12-19)18(24)14-9-21-13-22-10-14/h2-5,9-10,13,17H,1,6-8,11-12H2/t17-,19+/m1/s1. The van der Waals surface area contributed by atoms with E-state index in [1.807, 2.05) is 4.90 Å². The first kappa shape index (κ1) is 16.9. The average molecular weight is 357 g/mol. The zero-order valence-corrected chi connectivity index (χ0v) is 14.3. The second kappa shape index (κ2) is 6.99. The van der Waals surface area contributed by atoms with Gasteiger partial charge >= 0.3 is 0 Å². The first-order valence-corrected chi connectivity index (χ1v) is 8.74. The molecular formula is C19H20FN3O3. The van der Waals surface area contributed by atoms with Crippen molar-refractivity contribution in [3.05, 3.63) is 54.4 Å². The number of amides is 1. The van der Waals surface area contributed by atoms with Crippen molar-refractivity contribution in [1.82, 2.24) is 14.9 Å². The Kier molecular flexibility index (Phi) is 4.55. The third-order valence-electron chi connectivity index (χ3n) is 4.93. The van der Waals surface area contributed by atoms with Crippen LogP contribution in [0.25, 0.3) is 0 Å². The maximum atomic E-state index is 13.0. The van der Waals surface area contributed by atoms with Gasteiger partial charge in [-0.25, -0.2) is 14.4 Å². The van der Waals surface area contributed by atoms with Gasteiger partial charge in [-0.1, -0.05) is 0 Å². The summed E-state index contributed by atoms with van der Waals surface area (Å²) in [6.07, 6.45) is 6.86. The van der Waals surface area contributed by atoms with Crippen LogP contribution in [-0.2, 0) is 4.74 Å². The lowest BCUT2D eigenvalue weighted by Gasteiger charge is -2.39. The Balaban J connectivity index is 1.41. The van der Waals surface area contributed by atoms with Crippen molar-refractivity contribution in [3.8, 4) is 5.75 Å². The molecule has 26 heavy (non-hydrogen) atoms. The first-order chi connectivity index (χ1) is 12.6. The zero-order chi connectivity index (χ0) is 18.0. The lowest BCUT2D eigenvalue weighted by atomic mass is 9.89. The molecule has 0 unspecified atom stereocenters. The van der Waals surface area contributed by atoms with Crippen LogP contribution in [0.3, 0.4) is 0 Å². The third-order valence-corrected chi connectivity index (χ3v) is 4.93. The summed E-state index contributed by atoms with van der Waals surface area (Å²) in [5, 5.41) is 0. The van der Waals surface area contributed by atoms with Crippen LogP contribution < -0.4 is 4.74 Å². The van der Waals surface area contributed by atoms with E-state index in [1.54, 1.807) is 12.1 Å². The van der Waals surface area contributed by atoms with Gasteiger partial charge in [-0.2, -0.15) is 0 Å². The summed E-state index contributed by atoms with van der Waals surface area (Å²) in [4.78, 5) is 22.3. The molecule has 2 aliphatic rings. The monoisotopic (exact) mass is 357 g/mol. The molecule has 0 saturated carbocycles. The summed E-state index contributed by atoms with van der Waals surface area (Å²) in [7, 11) is 0. The van der Waals surface area contributed by atoms with Gasteiger partial charge in [-0.3, -0.25) is 4.79 Å². The van der Waals surface area contributed by atoms with Crippen LogP contribution in [0.15, 0.2) is 43.0 Å². The van der Waals surface area contributed by atoms with Gasteiger partial charge in [0.1, 0.15) is 24.0 Å². The van der Waals surface area contributed by atoms with E-state index >= 15 is 0 Å². The number of likely N-dealkylation sites (tertiary alicyclic amines) is 1. The number of piperidine rings is 1. The molecule has 0 bridgehead atoms. The Morgan fingerprint density at radius 1 is 1.27 bits per heavy atom. The topological polar surface area (TPSA) is 64.6 Å². The zero-order valence-electron chi connectivity index (χ0n) is 14.3. The summed E-state index contributed by atoms with van der Waals surface area (Å²) in [5.74, 6) is 0.265. The fraction of sp³-hybridized carbons (Fsp3) is 0.421. The summed E-state index contributed by atoms with van der Waals surface area (Å²) in [5.41, 5.74) is 0.107. The maximum absolute atomic E-state index is 13.0. The number of hydrogen-bond donors (Lipinski definition) is 0. The molecule has 0 radical (unpaired) electrons. The number of halogens is 1. The molecule has 2 atom stereocenters. The van der Waals surface area contributed by atoms with E-state index in [-0.39, 0.29) is 23.4 Å². The largest absolute Gasteiger partial charge is 0.488 e. The van der Waals surface area contributed by atoms with Crippen molar-refractivity contribution >= 4 is 5.91 Å². The molecule has 2 fully saturated rings. The molecule has 0 N–H and O–H groups in total. The Morgan fingerprint density at radius 3 is 2.81 bits per heavy atom. The van der Waals surface area contributed by atoms with E-state index < -0.39 is 0 Å². The van der Waals surface area contributed by atoms with Crippen LogP contribution in [-0.4, -0.2) is 52.2 Å². The first-order valence-electron chi connectivity index (χ1n) is 8.74. The summed E-state index contributed by atoms with van der Waals surface area (Å²) in [6, 6.07) is 5.99. The summed E-state index contributed by atoms with van der Waals surface area (Å²) < 4.78 is 25.0. The SMILES string of the molecule is O=C(c1cncnc1)N1CCC[C@]2(C[C@@H](Oc3ccc(F)cc3)CO2)C1. The van der Waals surface area contributed by atoms with Gasteiger partial charge in [0.15, 0.2) is 0 Å². The predicted molar refractivity (Wildman–Crippen MR) is 91.3 cm³/mol. The molecule has 2 aromatic rings. The van der Waals surface area contributed by atoms with E-state index in [9.17, 15) is 9.18 Å². The number of benzene rings is 1. The minimum atomic E-state index is -0.381. The number of carbonyl (C=O) groups is 1. The molecule has 2 aliphatic heterocycles. The van der Waals surface area contributed by atoms with E-state index in [0.29, 0.717) is 37.4 Å². The van der Waals surface area contributed by atoms with Crippen molar-refractivity contribution in [2.24, 2.45) is 0 Å². The highest BCUT2D eigenvalue weighted by molar-refractivity contribution is 5.93. The quantitative estimate of drug-likeness (QED) is 0.844. The van der Waals surface area contributed by atoms with Crippen LogP contribution in [0.4, 0.5) is 4.39 Å². The fourth-order valence-corrected chi connectivity index (χ4v) is 3.73. The lowest BCUT2D eigenvalue weighted by molar-refractivity contribution is -0.0453. The number of aromatic nitrogens is 2. The number of ether oxygens (including phenoxy) is 2. The van der Waals surface area contributed by atoms with E-state index in [4.69, 9.17) is 9.47 Å². The Hall–Kier alpha value is -2.54. The van der Waals surface area contributed by atoms with Gasteiger partial charge in [0.2, 0.25) is 0 Å². The molecule has 3 heterocycles. The van der Waals surface area contributed by atoms with Gasteiger partial charge in [-0.15, -0.1) is 0 Å². The van der Waals surface area contributed by atoms with Crippen LogP contribution >= 0.6 is 0 Å². The minimum absolute atomic E-state index is 0.0730. The van der Waals surface area contributed by atoms with Gasteiger partial charge in [0, 0.05) is 25.4 Å².